The van der Waals surface area contributed by atoms with E-state index in [0.717, 1.165) is 24.4 Å². The van der Waals surface area contributed by atoms with Gasteiger partial charge in [0.1, 0.15) is 5.82 Å². The molecule has 1 aliphatic carbocycles. The fourth-order valence-electron chi connectivity index (χ4n) is 3.43. The minimum Gasteiger partial charge on any atom is -0.482 e. The first-order chi connectivity index (χ1) is 14.4. The largest absolute Gasteiger partial charge is 0.482 e. The van der Waals surface area contributed by atoms with Gasteiger partial charge in [0, 0.05) is 29.7 Å². The second-order valence-corrected chi connectivity index (χ2v) is 8.15. The summed E-state index contributed by atoms with van der Waals surface area (Å²) in [5.74, 6) is 1.14. The topological polar surface area (TPSA) is 63.9 Å². The lowest BCUT2D eigenvalue weighted by molar-refractivity contribution is -0.119. The third-order valence-electron chi connectivity index (χ3n) is 5.16. The number of halogens is 2. The standard InChI is InChI=1S/C22H21Cl2N3O3/c1-3-17-21(26(2)22(29)13-6-7-13)27-10-4-5-19(20(27)25-17)30-12-18(28)15-9-8-14(23)11-16(15)24/h4-5,8-11,13H,3,6-7,12H2,1-2H3. The molecule has 30 heavy (non-hydrogen) atoms. The van der Waals surface area contributed by atoms with E-state index in [9.17, 15) is 9.59 Å². The van der Waals surface area contributed by atoms with E-state index in [4.69, 9.17) is 27.9 Å². The predicted octanol–water partition coefficient (Wildman–Crippen LogP) is 4.84. The van der Waals surface area contributed by atoms with Crippen LogP contribution in [0.5, 0.6) is 5.75 Å². The number of Topliss-reactive ketones (excluding diaryl/α,β-unsaturated/α-hetero) is 1. The summed E-state index contributed by atoms with van der Waals surface area (Å²) in [6.45, 7) is 1.80. The van der Waals surface area contributed by atoms with E-state index in [1.54, 1.807) is 30.1 Å². The molecule has 1 fully saturated rings. The summed E-state index contributed by atoms with van der Waals surface area (Å²) in [5, 5.41) is 0.745. The number of anilines is 1. The van der Waals surface area contributed by atoms with Gasteiger partial charge in [-0.2, -0.15) is 0 Å². The number of ether oxygens (including phenoxy) is 1. The highest BCUT2D eigenvalue weighted by atomic mass is 35.5. The molecule has 0 bridgehead atoms. The van der Waals surface area contributed by atoms with Gasteiger partial charge in [0.25, 0.3) is 0 Å². The van der Waals surface area contributed by atoms with Gasteiger partial charge in [0.05, 0.1) is 10.7 Å². The molecule has 1 saturated carbocycles. The van der Waals surface area contributed by atoms with Crippen LogP contribution in [0, 0.1) is 5.92 Å². The molecule has 3 aromatic rings. The Kier molecular flexibility index (Phi) is 5.71. The summed E-state index contributed by atoms with van der Waals surface area (Å²) < 4.78 is 7.65. The minimum absolute atomic E-state index is 0.102. The number of amides is 1. The number of hydrogen-bond acceptors (Lipinski definition) is 4. The number of nitrogens with zero attached hydrogens (tertiary/aromatic N) is 3. The number of carbonyl (C=O) groups is 2. The number of pyridine rings is 1. The fourth-order valence-corrected chi connectivity index (χ4v) is 3.94. The van der Waals surface area contributed by atoms with Crippen molar-refractivity contribution in [3.63, 3.8) is 0 Å². The highest BCUT2D eigenvalue weighted by Crippen LogP contribution is 2.34. The van der Waals surface area contributed by atoms with Gasteiger partial charge in [-0.3, -0.25) is 18.9 Å². The summed E-state index contributed by atoms with van der Waals surface area (Å²) in [6, 6.07) is 8.28. The van der Waals surface area contributed by atoms with Crippen LogP contribution in [0.25, 0.3) is 5.65 Å². The van der Waals surface area contributed by atoms with E-state index in [1.807, 2.05) is 23.6 Å². The molecule has 4 rings (SSSR count). The Hall–Kier alpha value is -2.57. The quantitative estimate of drug-likeness (QED) is 0.488. The average molecular weight is 446 g/mol. The normalized spacial score (nSPS) is 13.5. The van der Waals surface area contributed by atoms with Crippen molar-refractivity contribution >= 4 is 46.4 Å². The number of aromatic nitrogens is 2. The second-order valence-electron chi connectivity index (χ2n) is 7.31. The molecule has 0 aliphatic heterocycles. The number of imidazole rings is 1. The number of hydrogen-bond donors (Lipinski definition) is 0. The number of ketones is 1. The summed E-state index contributed by atoms with van der Waals surface area (Å²) in [4.78, 5) is 31.5. The Bertz CT molecular complexity index is 1140. The van der Waals surface area contributed by atoms with Gasteiger partial charge in [0.15, 0.2) is 18.0 Å². The van der Waals surface area contributed by atoms with Gasteiger partial charge in [0.2, 0.25) is 11.7 Å². The molecule has 1 aliphatic rings. The second kappa shape index (κ2) is 8.28. The molecular weight excluding hydrogens is 425 g/mol. The molecular formula is C22H21Cl2N3O3. The lowest BCUT2D eigenvalue weighted by Gasteiger charge is -2.18. The molecule has 156 valence electrons. The van der Waals surface area contributed by atoms with E-state index in [1.165, 1.54) is 6.07 Å². The van der Waals surface area contributed by atoms with Crippen LogP contribution in [0.15, 0.2) is 36.5 Å². The van der Waals surface area contributed by atoms with Crippen molar-refractivity contribution in [3.05, 3.63) is 57.8 Å². The Morgan fingerprint density at radius 1 is 1.27 bits per heavy atom. The summed E-state index contributed by atoms with van der Waals surface area (Å²) in [6.07, 6.45) is 4.38. The van der Waals surface area contributed by atoms with Crippen molar-refractivity contribution < 1.29 is 14.3 Å². The van der Waals surface area contributed by atoms with Crippen molar-refractivity contribution in [2.75, 3.05) is 18.6 Å². The third-order valence-corrected chi connectivity index (χ3v) is 5.71. The zero-order chi connectivity index (χ0) is 21.4. The zero-order valence-corrected chi connectivity index (χ0v) is 18.2. The van der Waals surface area contributed by atoms with E-state index >= 15 is 0 Å². The SMILES string of the molecule is CCc1nc2c(OCC(=O)c3ccc(Cl)cc3Cl)cccn2c1N(C)C(=O)C1CC1. The van der Waals surface area contributed by atoms with Crippen molar-refractivity contribution in [1.82, 2.24) is 9.38 Å². The molecule has 1 aromatic carbocycles. The van der Waals surface area contributed by atoms with Crippen LogP contribution in [-0.4, -0.2) is 34.7 Å². The van der Waals surface area contributed by atoms with Crippen LogP contribution in [0.2, 0.25) is 10.0 Å². The number of carbonyl (C=O) groups excluding carboxylic acids is 2. The molecule has 0 radical (unpaired) electrons. The van der Waals surface area contributed by atoms with Crippen molar-refractivity contribution in [2.24, 2.45) is 5.92 Å². The van der Waals surface area contributed by atoms with E-state index in [0.29, 0.717) is 28.4 Å². The Morgan fingerprint density at radius 2 is 2.03 bits per heavy atom. The molecule has 0 spiro atoms. The van der Waals surface area contributed by atoms with Crippen LogP contribution in [0.3, 0.4) is 0 Å². The fraction of sp³-hybridized carbons (Fsp3) is 0.318. The number of benzene rings is 1. The lowest BCUT2D eigenvalue weighted by Crippen LogP contribution is -2.29. The van der Waals surface area contributed by atoms with Crippen molar-refractivity contribution in [1.29, 1.82) is 0 Å². The van der Waals surface area contributed by atoms with Crippen LogP contribution >= 0.6 is 23.2 Å². The highest BCUT2D eigenvalue weighted by Gasteiger charge is 2.34. The molecule has 0 saturated heterocycles. The van der Waals surface area contributed by atoms with E-state index < -0.39 is 0 Å². The van der Waals surface area contributed by atoms with Gasteiger partial charge in [-0.15, -0.1) is 0 Å². The van der Waals surface area contributed by atoms with Gasteiger partial charge in [-0.25, -0.2) is 4.98 Å². The Morgan fingerprint density at radius 3 is 2.70 bits per heavy atom. The first-order valence-corrected chi connectivity index (χ1v) is 10.5. The molecule has 8 heteroatoms. The average Bonchev–Trinajstić information content (AvgIpc) is 3.50. The molecule has 0 atom stereocenters. The van der Waals surface area contributed by atoms with Crippen LogP contribution < -0.4 is 9.64 Å². The van der Waals surface area contributed by atoms with Crippen LogP contribution in [-0.2, 0) is 11.2 Å². The minimum atomic E-state index is -0.262. The maximum atomic E-state index is 12.6. The van der Waals surface area contributed by atoms with Gasteiger partial charge in [-0.05, 0) is 49.6 Å². The maximum absolute atomic E-state index is 12.6. The van der Waals surface area contributed by atoms with Crippen LogP contribution in [0.1, 0.15) is 35.8 Å². The predicted molar refractivity (Wildman–Crippen MR) is 117 cm³/mol. The summed E-state index contributed by atoms with van der Waals surface area (Å²) in [5.41, 5.74) is 1.71. The monoisotopic (exact) mass is 445 g/mol. The first kappa shape index (κ1) is 20.7. The van der Waals surface area contributed by atoms with E-state index in [2.05, 4.69) is 4.98 Å². The first-order valence-electron chi connectivity index (χ1n) is 9.79. The Labute approximate surface area is 184 Å². The van der Waals surface area contributed by atoms with Crippen molar-refractivity contribution in [3.8, 4) is 5.75 Å². The molecule has 0 N–H and O–H groups in total. The molecule has 6 nitrogen and oxygen atoms in total. The summed E-state index contributed by atoms with van der Waals surface area (Å²) >= 11 is 12.0. The third kappa shape index (κ3) is 3.89. The molecule has 0 unspecified atom stereocenters. The molecule has 2 aromatic heterocycles. The lowest BCUT2D eigenvalue weighted by atomic mass is 10.1. The zero-order valence-electron chi connectivity index (χ0n) is 16.7. The highest BCUT2D eigenvalue weighted by molar-refractivity contribution is 6.36. The van der Waals surface area contributed by atoms with Gasteiger partial charge >= 0.3 is 0 Å². The Balaban J connectivity index is 1.62. The molecule has 2 heterocycles. The van der Waals surface area contributed by atoms with Gasteiger partial charge < -0.3 is 4.74 Å². The van der Waals surface area contributed by atoms with Gasteiger partial charge in [-0.1, -0.05) is 30.1 Å². The number of rotatable bonds is 7. The molecule has 1 amide bonds. The van der Waals surface area contributed by atoms with E-state index in [-0.39, 0.29) is 29.2 Å². The smallest absolute Gasteiger partial charge is 0.231 e. The number of fused-ring (bicyclic) bond motifs is 1. The summed E-state index contributed by atoms with van der Waals surface area (Å²) in [7, 11) is 1.78. The maximum Gasteiger partial charge on any atom is 0.231 e. The van der Waals surface area contributed by atoms with Crippen LogP contribution in [0.4, 0.5) is 5.82 Å². The van der Waals surface area contributed by atoms with Crippen molar-refractivity contribution in [2.45, 2.75) is 26.2 Å². The number of aryl methyl sites for hydroxylation is 1.